The summed E-state index contributed by atoms with van der Waals surface area (Å²) in [6, 6.07) is 15.2. The van der Waals surface area contributed by atoms with Crippen molar-refractivity contribution in [1.82, 2.24) is 20.5 Å². The minimum atomic E-state index is -0.485. The van der Waals surface area contributed by atoms with Crippen LogP contribution >= 0.6 is 0 Å². The van der Waals surface area contributed by atoms with Gasteiger partial charge in [0, 0.05) is 59.9 Å². The standard InChI is InChI=1S/C31H39N5O3/c1-6-36(7-2)18-23(37)17-33-19(3)28-20(4)34-27(29(28)21-11-9-8-10-12-21)16-25-24-15-22(30(38)32-5)13-14-26(24)35-31(25)39/h8-16,19,23,33-34,37H,6-7,17-18H2,1-5H3,(H,32,38)(H,35,39)/b25-16-. The number of anilines is 1. The first kappa shape index (κ1) is 28.3. The van der Waals surface area contributed by atoms with Crippen LogP contribution in [0.4, 0.5) is 5.69 Å². The summed E-state index contributed by atoms with van der Waals surface area (Å²) in [4.78, 5) is 31.0. The Balaban J connectivity index is 1.72. The SMILES string of the molecule is CCN(CC)CC(O)CNC(C)c1c(C)[nH]c(/C=C2\C(=O)Nc3ccc(C(=O)NC)cc32)c1-c1ccccc1. The molecule has 8 heteroatoms. The fourth-order valence-electron chi connectivity index (χ4n) is 5.25. The molecule has 39 heavy (non-hydrogen) atoms. The van der Waals surface area contributed by atoms with Crippen molar-refractivity contribution in [2.24, 2.45) is 0 Å². The lowest BCUT2D eigenvalue weighted by Gasteiger charge is -2.24. The summed E-state index contributed by atoms with van der Waals surface area (Å²) >= 11 is 0. The topological polar surface area (TPSA) is 109 Å². The highest BCUT2D eigenvalue weighted by Gasteiger charge is 2.27. The number of benzene rings is 2. The zero-order chi connectivity index (χ0) is 28.1. The van der Waals surface area contributed by atoms with Crippen molar-refractivity contribution >= 4 is 29.2 Å². The van der Waals surface area contributed by atoms with Gasteiger partial charge in [-0.1, -0.05) is 44.2 Å². The number of nitrogens with zero attached hydrogens (tertiary/aromatic N) is 1. The van der Waals surface area contributed by atoms with Gasteiger partial charge in [0.05, 0.1) is 11.7 Å². The monoisotopic (exact) mass is 529 g/mol. The number of aromatic amines is 1. The van der Waals surface area contributed by atoms with Gasteiger partial charge in [0.1, 0.15) is 0 Å². The van der Waals surface area contributed by atoms with E-state index in [2.05, 4.69) is 58.7 Å². The highest BCUT2D eigenvalue weighted by atomic mass is 16.3. The van der Waals surface area contributed by atoms with Gasteiger partial charge in [-0.25, -0.2) is 0 Å². The number of aromatic nitrogens is 1. The Bertz CT molecular complexity index is 1360. The van der Waals surface area contributed by atoms with E-state index in [1.807, 2.05) is 31.2 Å². The molecule has 2 amide bonds. The maximum absolute atomic E-state index is 13.0. The largest absolute Gasteiger partial charge is 0.390 e. The lowest BCUT2D eigenvalue weighted by molar-refractivity contribution is -0.110. The van der Waals surface area contributed by atoms with E-state index >= 15 is 0 Å². The Labute approximate surface area is 230 Å². The number of aliphatic hydroxyl groups is 1. The molecular weight excluding hydrogens is 490 g/mol. The number of rotatable bonds is 11. The molecule has 1 aromatic heterocycles. The molecule has 2 unspecified atom stereocenters. The Morgan fingerprint density at radius 2 is 1.85 bits per heavy atom. The third-order valence-corrected chi connectivity index (χ3v) is 7.36. The second kappa shape index (κ2) is 12.4. The number of aliphatic hydroxyl groups excluding tert-OH is 1. The average molecular weight is 530 g/mol. The molecule has 0 saturated carbocycles. The van der Waals surface area contributed by atoms with Crippen molar-refractivity contribution in [1.29, 1.82) is 0 Å². The van der Waals surface area contributed by atoms with E-state index in [0.29, 0.717) is 35.5 Å². The van der Waals surface area contributed by atoms with Crippen molar-refractivity contribution in [2.75, 3.05) is 38.5 Å². The predicted octanol–water partition coefficient (Wildman–Crippen LogP) is 4.20. The Morgan fingerprint density at radius 1 is 1.13 bits per heavy atom. The molecule has 0 aliphatic carbocycles. The van der Waals surface area contributed by atoms with E-state index in [1.165, 1.54) is 0 Å². The smallest absolute Gasteiger partial charge is 0.256 e. The molecule has 2 aromatic carbocycles. The first-order valence-corrected chi connectivity index (χ1v) is 13.6. The number of amides is 2. The second-order valence-electron chi connectivity index (χ2n) is 9.94. The van der Waals surface area contributed by atoms with Crippen LogP contribution in [-0.2, 0) is 4.79 Å². The molecule has 0 bridgehead atoms. The highest BCUT2D eigenvalue weighted by molar-refractivity contribution is 6.35. The third kappa shape index (κ3) is 6.14. The van der Waals surface area contributed by atoms with E-state index < -0.39 is 6.10 Å². The van der Waals surface area contributed by atoms with Crippen LogP contribution in [0, 0.1) is 6.92 Å². The number of H-pyrrole nitrogens is 1. The van der Waals surface area contributed by atoms with Crippen LogP contribution in [0.1, 0.15) is 59.7 Å². The van der Waals surface area contributed by atoms with Gasteiger partial charge < -0.3 is 30.9 Å². The molecule has 1 aliphatic heterocycles. The van der Waals surface area contributed by atoms with Crippen LogP contribution < -0.4 is 16.0 Å². The number of carbonyl (C=O) groups is 2. The average Bonchev–Trinajstić information content (AvgIpc) is 3.45. The summed E-state index contributed by atoms with van der Waals surface area (Å²) in [7, 11) is 1.59. The quantitative estimate of drug-likeness (QED) is 0.239. The maximum Gasteiger partial charge on any atom is 0.256 e. The van der Waals surface area contributed by atoms with Crippen molar-refractivity contribution in [3.05, 3.63) is 76.6 Å². The molecule has 2 heterocycles. The number of aryl methyl sites for hydroxylation is 1. The van der Waals surface area contributed by atoms with E-state index in [0.717, 1.165) is 41.2 Å². The molecule has 3 aromatic rings. The highest BCUT2D eigenvalue weighted by Crippen LogP contribution is 2.39. The number of hydrogen-bond donors (Lipinski definition) is 5. The van der Waals surface area contributed by atoms with Crippen LogP contribution in [0.15, 0.2) is 48.5 Å². The summed E-state index contributed by atoms with van der Waals surface area (Å²) in [6.07, 6.45) is 1.39. The molecule has 4 rings (SSSR count). The van der Waals surface area contributed by atoms with Crippen LogP contribution in [-0.4, -0.2) is 66.1 Å². The van der Waals surface area contributed by atoms with Gasteiger partial charge in [0.15, 0.2) is 0 Å². The summed E-state index contributed by atoms with van der Waals surface area (Å²) in [5.74, 6) is -0.417. The third-order valence-electron chi connectivity index (χ3n) is 7.36. The molecule has 0 fully saturated rings. The summed E-state index contributed by atoms with van der Waals surface area (Å²) in [6.45, 7) is 11.2. The lowest BCUT2D eigenvalue weighted by Crippen LogP contribution is -2.39. The van der Waals surface area contributed by atoms with Gasteiger partial charge in [-0.3, -0.25) is 9.59 Å². The van der Waals surface area contributed by atoms with Gasteiger partial charge in [0.2, 0.25) is 0 Å². The molecule has 8 nitrogen and oxygen atoms in total. The normalized spacial score (nSPS) is 15.4. The zero-order valence-electron chi connectivity index (χ0n) is 23.4. The number of hydrogen-bond acceptors (Lipinski definition) is 5. The van der Waals surface area contributed by atoms with E-state index in [1.54, 1.807) is 25.2 Å². The molecule has 206 valence electrons. The summed E-state index contributed by atoms with van der Waals surface area (Å²) in [5, 5.41) is 19.7. The Kier molecular flexibility index (Phi) is 9.01. The van der Waals surface area contributed by atoms with E-state index in [9.17, 15) is 14.7 Å². The molecule has 2 atom stereocenters. The Morgan fingerprint density at radius 3 is 2.51 bits per heavy atom. The van der Waals surface area contributed by atoms with Crippen LogP contribution in [0.3, 0.4) is 0 Å². The second-order valence-corrected chi connectivity index (χ2v) is 9.94. The molecule has 0 saturated heterocycles. The first-order chi connectivity index (χ1) is 18.8. The van der Waals surface area contributed by atoms with Gasteiger partial charge in [-0.15, -0.1) is 0 Å². The summed E-state index contributed by atoms with van der Waals surface area (Å²) in [5.41, 5.74) is 7.27. The maximum atomic E-state index is 13.0. The van der Waals surface area contributed by atoms with Gasteiger partial charge >= 0.3 is 0 Å². The van der Waals surface area contributed by atoms with Crippen LogP contribution in [0.25, 0.3) is 22.8 Å². The van der Waals surface area contributed by atoms with Crippen molar-refractivity contribution in [3.8, 4) is 11.1 Å². The number of likely N-dealkylation sites (N-methyl/N-ethyl adjacent to an activating group) is 1. The molecule has 0 radical (unpaired) electrons. The van der Waals surface area contributed by atoms with Crippen molar-refractivity contribution < 1.29 is 14.7 Å². The Hall–Kier alpha value is -3.72. The predicted molar refractivity (Wildman–Crippen MR) is 158 cm³/mol. The fourth-order valence-corrected chi connectivity index (χ4v) is 5.25. The number of fused-ring (bicyclic) bond motifs is 1. The van der Waals surface area contributed by atoms with E-state index in [-0.39, 0.29) is 17.9 Å². The molecule has 5 N–H and O–H groups in total. The van der Waals surface area contributed by atoms with Gasteiger partial charge in [-0.2, -0.15) is 0 Å². The van der Waals surface area contributed by atoms with Crippen molar-refractivity contribution in [3.63, 3.8) is 0 Å². The lowest BCUT2D eigenvalue weighted by atomic mass is 9.94. The molecule has 1 aliphatic rings. The molecule has 0 spiro atoms. The van der Waals surface area contributed by atoms with Crippen LogP contribution in [0.2, 0.25) is 0 Å². The molecular formula is C31H39N5O3. The minimum Gasteiger partial charge on any atom is -0.390 e. The minimum absolute atomic E-state index is 0.0560. The summed E-state index contributed by atoms with van der Waals surface area (Å²) < 4.78 is 0. The van der Waals surface area contributed by atoms with Gasteiger partial charge in [0.25, 0.3) is 11.8 Å². The number of carbonyl (C=O) groups excluding carboxylic acids is 2. The van der Waals surface area contributed by atoms with Crippen molar-refractivity contribution in [2.45, 2.75) is 39.8 Å². The van der Waals surface area contributed by atoms with Gasteiger partial charge in [-0.05, 0) is 62.3 Å². The first-order valence-electron chi connectivity index (χ1n) is 13.6. The fraction of sp³-hybridized carbons (Fsp3) is 0.355. The zero-order valence-corrected chi connectivity index (χ0v) is 23.4. The van der Waals surface area contributed by atoms with E-state index in [4.69, 9.17) is 0 Å². The number of nitrogens with one attached hydrogen (secondary N) is 4. The van der Waals surface area contributed by atoms with Crippen LogP contribution in [0.5, 0.6) is 0 Å².